The molecule has 0 bridgehead atoms. The van der Waals surface area contributed by atoms with Crippen LogP contribution in [0.5, 0.6) is 0 Å². The molecule has 0 amide bonds. The molecule has 1 aliphatic rings. The zero-order chi connectivity index (χ0) is 14.5. The maximum absolute atomic E-state index is 8.70. The Morgan fingerprint density at radius 1 is 0.650 bits per heavy atom. The van der Waals surface area contributed by atoms with Gasteiger partial charge in [-0.25, -0.2) is 0 Å². The van der Waals surface area contributed by atoms with E-state index in [-0.39, 0.29) is 0 Å². The monoisotopic (exact) mass is 283 g/mol. The van der Waals surface area contributed by atoms with Crippen molar-refractivity contribution in [1.29, 1.82) is 0 Å². The summed E-state index contributed by atoms with van der Waals surface area (Å²) in [5.74, 6) is 0. The molecule has 1 rings (SSSR count). The van der Waals surface area contributed by atoms with Crippen LogP contribution in [-0.4, -0.2) is 23.8 Å². The molecule has 1 saturated heterocycles. The minimum absolute atomic E-state index is 0.367. The van der Waals surface area contributed by atoms with Gasteiger partial charge in [0.05, 0.1) is 0 Å². The van der Waals surface area contributed by atoms with Crippen LogP contribution in [0.1, 0.15) is 96.8 Å². The number of unbranched alkanes of at least 4 members (excludes halogenated alkanes) is 10. The summed E-state index contributed by atoms with van der Waals surface area (Å²) in [5, 5.41) is 12.4. The zero-order valence-corrected chi connectivity index (χ0v) is 13.7. The van der Waals surface area contributed by atoms with Gasteiger partial charge in [0.25, 0.3) is 0 Å². The summed E-state index contributed by atoms with van der Waals surface area (Å²) in [6.45, 7) is 2.65. The van der Waals surface area contributed by atoms with Crippen LogP contribution >= 0.6 is 0 Å². The van der Waals surface area contributed by atoms with Gasteiger partial charge in [0, 0.05) is 18.7 Å². The highest BCUT2D eigenvalue weighted by molar-refractivity contribution is 4.97. The van der Waals surface area contributed by atoms with Crippen molar-refractivity contribution in [1.82, 2.24) is 5.32 Å². The molecule has 0 spiro atoms. The first kappa shape index (κ1) is 18.0. The summed E-state index contributed by atoms with van der Waals surface area (Å²) in [7, 11) is 0. The largest absolute Gasteiger partial charge is 0.396 e. The molecular weight excluding hydrogens is 246 g/mol. The van der Waals surface area contributed by atoms with Crippen molar-refractivity contribution in [3.05, 3.63) is 0 Å². The number of hydrogen-bond acceptors (Lipinski definition) is 2. The number of aliphatic hydroxyl groups is 1. The second kappa shape index (κ2) is 12.6. The Morgan fingerprint density at radius 2 is 1.10 bits per heavy atom. The summed E-state index contributed by atoms with van der Waals surface area (Å²) in [4.78, 5) is 0. The Balaban J connectivity index is 1.75. The van der Waals surface area contributed by atoms with Crippen molar-refractivity contribution in [2.45, 2.75) is 109 Å². The van der Waals surface area contributed by atoms with Gasteiger partial charge >= 0.3 is 0 Å². The van der Waals surface area contributed by atoms with Gasteiger partial charge in [0.2, 0.25) is 0 Å². The third-order valence-corrected chi connectivity index (χ3v) is 4.60. The predicted molar refractivity (Wildman–Crippen MR) is 88.1 cm³/mol. The lowest BCUT2D eigenvalue weighted by Gasteiger charge is -2.01. The number of aliphatic hydroxyl groups excluding tert-OH is 1. The minimum atomic E-state index is 0.367. The minimum Gasteiger partial charge on any atom is -0.396 e. The lowest BCUT2D eigenvalue weighted by molar-refractivity contribution is 0.282. The van der Waals surface area contributed by atoms with Crippen LogP contribution in [0.25, 0.3) is 0 Å². The Hall–Kier alpha value is -0.0800. The van der Waals surface area contributed by atoms with E-state index in [1.165, 1.54) is 83.5 Å². The summed E-state index contributed by atoms with van der Waals surface area (Å²) in [6.07, 6.45) is 19.0. The van der Waals surface area contributed by atoms with Crippen LogP contribution in [0, 0.1) is 0 Å². The third-order valence-electron chi connectivity index (χ3n) is 4.60. The summed E-state index contributed by atoms with van der Waals surface area (Å²) in [5.41, 5.74) is 0. The zero-order valence-electron chi connectivity index (χ0n) is 13.7. The van der Waals surface area contributed by atoms with E-state index in [2.05, 4.69) is 12.2 Å². The number of rotatable bonds is 15. The predicted octanol–water partition coefficient (Wildman–Crippen LogP) is 4.80. The van der Waals surface area contributed by atoms with E-state index in [9.17, 15) is 0 Å². The van der Waals surface area contributed by atoms with Gasteiger partial charge in [-0.3, -0.25) is 0 Å². The summed E-state index contributed by atoms with van der Waals surface area (Å²) < 4.78 is 0. The van der Waals surface area contributed by atoms with Crippen molar-refractivity contribution in [3.8, 4) is 0 Å². The van der Waals surface area contributed by atoms with Gasteiger partial charge in [0.15, 0.2) is 0 Å². The van der Waals surface area contributed by atoms with Gasteiger partial charge in [0.1, 0.15) is 0 Å². The molecule has 0 aromatic carbocycles. The Morgan fingerprint density at radius 3 is 1.60 bits per heavy atom. The molecule has 0 aromatic rings. The van der Waals surface area contributed by atoms with Crippen molar-refractivity contribution >= 4 is 0 Å². The number of hydrogen-bond donors (Lipinski definition) is 2. The van der Waals surface area contributed by atoms with Crippen LogP contribution < -0.4 is 5.32 Å². The molecular formula is C18H37NO. The second-order valence-corrected chi connectivity index (χ2v) is 6.57. The van der Waals surface area contributed by atoms with E-state index in [0.29, 0.717) is 6.61 Å². The average molecular weight is 283 g/mol. The quantitative estimate of drug-likeness (QED) is 0.335. The molecule has 2 heteroatoms. The molecule has 0 aliphatic carbocycles. The van der Waals surface area contributed by atoms with E-state index in [1.807, 2.05) is 0 Å². The van der Waals surface area contributed by atoms with Gasteiger partial charge < -0.3 is 10.4 Å². The molecule has 2 N–H and O–H groups in total. The van der Waals surface area contributed by atoms with Crippen LogP contribution in [0.2, 0.25) is 0 Å². The molecule has 1 fully saturated rings. The fraction of sp³-hybridized carbons (Fsp3) is 1.00. The fourth-order valence-corrected chi connectivity index (χ4v) is 3.12. The lowest BCUT2D eigenvalue weighted by Crippen LogP contribution is -1.95. The first-order valence-corrected chi connectivity index (χ1v) is 9.25. The first-order chi connectivity index (χ1) is 9.88. The standard InChI is InChI=1S/C18H37NO/c1-2-3-4-5-8-11-14-17-18(19-17)15-12-9-6-7-10-13-16-20/h17-20H,2-16H2,1H3/t17-,18+/m1/s1. The molecule has 0 saturated carbocycles. The van der Waals surface area contributed by atoms with E-state index >= 15 is 0 Å². The molecule has 1 heterocycles. The average Bonchev–Trinajstić information content (AvgIpc) is 3.20. The van der Waals surface area contributed by atoms with Crippen molar-refractivity contribution in [3.63, 3.8) is 0 Å². The summed E-state index contributed by atoms with van der Waals surface area (Å²) in [6, 6.07) is 1.71. The van der Waals surface area contributed by atoms with Gasteiger partial charge in [-0.2, -0.15) is 0 Å². The molecule has 20 heavy (non-hydrogen) atoms. The highest BCUT2D eigenvalue weighted by Crippen LogP contribution is 2.23. The normalized spacial score (nSPS) is 21.3. The number of nitrogens with one attached hydrogen (secondary N) is 1. The van der Waals surface area contributed by atoms with Crippen LogP contribution in [0.15, 0.2) is 0 Å². The highest BCUT2D eigenvalue weighted by atomic mass is 16.2. The van der Waals surface area contributed by atoms with Crippen molar-refractivity contribution in [2.24, 2.45) is 0 Å². The smallest absolute Gasteiger partial charge is 0.0431 e. The molecule has 1 aliphatic heterocycles. The van der Waals surface area contributed by atoms with E-state index in [1.54, 1.807) is 0 Å². The maximum atomic E-state index is 8.70. The third kappa shape index (κ3) is 9.77. The van der Waals surface area contributed by atoms with Gasteiger partial charge in [-0.1, -0.05) is 77.6 Å². The van der Waals surface area contributed by atoms with Gasteiger partial charge in [-0.15, -0.1) is 0 Å². The van der Waals surface area contributed by atoms with Crippen molar-refractivity contribution in [2.75, 3.05) is 6.61 Å². The molecule has 0 aromatic heterocycles. The highest BCUT2D eigenvalue weighted by Gasteiger charge is 2.33. The SMILES string of the molecule is CCCCCCCC[C@H]1N[C@H]1CCCCCCCCO. The molecule has 0 unspecified atom stereocenters. The van der Waals surface area contributed by atoms with Crippen LogP contribution in [0.4, 0.5) is 0 Å². The Labute approximate surface area is 126 Å². The lowest BCUT2D eigenvalue weighted by atomic mass is 10.0. The molecule has 0 radical (unpaired) electrons. The Bertz CT molecular complexity index is 208. The maximum Gasteiger partial charge on any atom is 0.0431 e. The van der Waals surface area contributed by atoms with Gasteiger partial charge in [-0.05, 0) is 19.3 Å². The van der Waals surface area contributed by atoms with E-state index < -0.39 is 0 Å². The first-order valence-electron chi connectivity index (χ1n) is 9.25. The second-order valence-electron chi connectivity index (χ2n) is 6.57. The van der Waals surface area contributed by atoms with E-state index in [0.717, 1.165) is 18.5 Å². The molecule has 2 atom stereocenters. The Kier molecular flexibility index (Phi) is 11.4. The fourth-order valence-electron chi connectivity index (χ4n) is 3.12. The summed E-state index contributed by atoms with van der Waals surface area (Å²) >= 11 is 0. The molecule has 2 nitrogen and oxygen atoms in total. The van der Waals surface area contributed by atoms with E-state index in [4.69, 9.17) is 5.11 Å². The van der Waals surface area contributed by atoms with Crippen LogP contribution in [-0.2, 0) is 0 Å². The topological polar surface area (TPSA) is 42.2 Å². The van der Waals surface area contributed by atoms with Crippen molar-refractivity contribution < 1.29 is 5.11 Å². The van der Waals surface area contributed by atoms with Crippen LogP contribution in [0.3, 0.4) is 0 Å². The molecule has 120 valence electrons.